The number of fused-ring (bicyclic) bond motifs is 3. The number of rotatable bonds is 11. The first-order valence-electron chi connectivity index (χ1n) is 13.0. The van der Waals surface area contributed by atoms with Crippen LogP contribution in [-0.2, 0) is 22.8 Å². The molecule has 1 aromatic carbocycles. The molecule has 8 nitrogen and oxygen atoms in total. The van der Waals surface area contributed by atoms with Crippen LogP contribution in [0.3, 0.4) is 0 Å². The van der Waals surface area contributed by atoms with Crippen LogP contribution in [0.5, 0.6) is 5.75 Å². The molecule has 1 fully saturated rings. The van der Waals surface area contributed by atoms with Gasteiger partial charge in [-0.05, 0) is 61.3 Å². The maximum Gasteiger partial charge on any atom is 0.179 e. The van der Waals surface area contributed by atoms with Gasteiger partial charge in [0.05, 0.1) is 38.1 Å². The first kappa shape index (κ1) is 26.0. The first-order valence-corrected chi connectivity index (χ1v) is 16.1. The second kappa shape index (κ2) is 11.0. The number of nitrogens with zero attached hydrogens (tertiary/aromatic N) is 5. The van der Waals surface area contributed by atoms with Gasteiger partial charge in [0.25, 0.3) is 0 Å². The zero-order chi connectivity index (χ0) is 26.0. The van der Waals surface area contributed by atoms with Crippen LogP contribution in [-0.4, -0.2) is 68.5 Å². The minimum Gasteiger partial charge on any atom is -0.497 e. The highest BCUT2D eigenvalue weighted by Gasteiger charge is 2.37. The van der Waals surface area contributed by atoms with Gasteiger partial charge in [-0.15, -0.1) is 10.2 Å². The lowest BCUT2D eigenvalue weighted by Crippen LogP contribution is -2.11. The Bertz CT molecular complexity index is 1330. The fraction of sp³-hybridized carbons (Fsp3) is 0.536. The van der Waals surface area contributed by atoms with Crippen LogP contribution in [0.25, 0.3) is 16.8 Å². The zero-order valence-corrected chi connectivity index (χ0v) is 23.4. The Morgan fingerprint density at radius 3 is 2.59 bits per heavy atom. The summed E-state index contributed by atoms with van der Waals surface area (Å²) in [5.74, 6) is 3.77. The number of aromatic nitrogens is 5. The van der Waals surface area contributed by atoms with E-state index in [0.29, 0.717) is 25.2 Å². The summed E-state index contributed by atoms with van der Waals surface area (Å²) >= 11 is 0. The lowest BCUT2D eigenvalue weighted by atomic mass is 9.93. The van der Waals surface area contributed by atoms with Crippen LogP contribution in [0.4, 0.5) is 0 Å². The van der Waals surface area contributed by atoms with E-state index in [-0.39, 0.29) is 6.10 Å². The molecule has 0 aliphatic heterocycles. The largest absolute Gasteiger partial charge is 0.497 e. The minimum absolute atomic E-state index is 0.199. The van der Waals surface area contributed by atoms with E-state index in [2.05, 4.69) is 69.3 Å². The average molecular weight is 526 g/mol. The zero-order valence-electron chi connectivity index (χ0n) is 22.6. The van der Waals surface area contributed by atoms with E-state index < -0.39 is 10.0 Å². The molecular formula is C28H39N5O3S. The molecule has 200 valence electrons. The predicted octanol–water partition coefficient (Wildman–Crippen LogP) is 5.24. The van der Waals surface area contributed by atoms with Crippen molar-refractivity contribution in [1.29, 1.82) is 0 Å². The highest BCUT2D eigenvalue weighted by atomic mass is 32.3. The highest BCUT2D eigenvalue weighted by Crippen LogP contribution is 2.43. The van der Waals surface area contributed by atoms with Crippen LogP contribution in [0.2, 0.25) is 0 Å². The quantitative estimate of drug-likeness (QED) is 0.249. The molecule has 3 heterocycles. The van der Waals surface area contributed by atoms with Crippen molar-refractivity contribution in [2.75, 3.05) is 38.2 Å². The van der Waals surface area contributed by atoms with Gasteiger partial charge in [0, 0.05) is 17.9 Å². The first-order chi connectivity index (χ1) is 17.9. The number of ether oxygens (including phenoxy) is 3. The molecule has 0 bridgehead atoms. The molecule has 3 unspecified atom stereocenters. The summed E-state index contributed by atoms with van der Waals surface area (Å²) in [4.78, 5) is 4.70. The third-order valence-electron chi connectivity index (χ3n) is 7.39. The Hall–Kier alpha value is -2.62. The second-order valence-electron chi connectivity index (χ2n) is 10.9. The fourth-order valence-electron chi connectivity index (χ4n) is 5.26. The van der Waals surface area contributed by atoms with Gasteiger partial charge in [-0.3, -0.25) is 4.40 Å². The molecule has 0 N–H and O–H groups in total. The van der Waals surface area contributed by atoms with E-state index >= 15 is 0 Å². The van der Waals surface area contributed by atoms with Gasteiger partial charge in [0.2, 0.25) is 0 Å². The summed E-state index contributed by atoms with van der Waals surface area (Å²) < 4.78 is 21.9. The van der Waals surface area contributed by atoms with Gasteiger partial charge in [0.1, 0.15) is 18.3 Å². The fourth-order valence-corrected chi connectivity index (χ4v) is 5.87. The summed E-state index contributed by atoms with van der Waals surface area (Å²) in [5.41, 5.74) is 3.87. The van der Waals surface area contributed by atoms with E-state index in [1.807, 2.05) is 18.3 Å². The summed E-state index contributed by atoms with van der Waals surface area (Å²) in [6, 6.07) is 10.2. The maximum absolute atomic E-state index is 6.38. The molecule has 5 rings (SSSR count). The molecule has 0 spiro atoms. The van der Waals surface area contributed by atoms with E-state index in [0.717, 1.165) is 65.6 Å². The Kier molecular flexibility index (Phi) is 7.74. The Labute approximate surface area is 220 Å². The van der Waals surface area contributed by atoms with Gasteiger partial charge in [-0.1, -0.05) is 25.5 Å². The number of hydrogen-bond acceptors (Lipinski definition) is 6. The van der Waals surface area contributed by atoms with E-state index in [1.54, 1.807) is 7.11 Å². The monoisotopic (exact) mass is 525 g/mol. The summed E-state index contributed by atoms with van der Waals surface area (Å²) in [6.07, 6.45) is 14.1. The molecule has 1 saturated carbocycles. The molecule has 0 amide bonds. The van der Waals surface area contributed by atoms with Crippen molar-refractivity contribution < 1.29 is 14.2 Å². The summed E-state index contributed by atoms with van der Waals surface area (Å²) in [7, 11) is 1.12. The van der Waals surface area contributed by atoms with E-state index in [1.165, 1.54) is 0 Å². The van der Waals surface area contributed by atoms with Crippen LogP contribution in [0.1, 0.15) is 43.5 Å². The molecular weight excluding hydrogens is 486 g/mol. The van der Waals surface area contributed by atoms with Crippen LogP contribution >= 0.6 is 10.0 Å². The topological polar surface area (TPSA) is 75.7 Å². The van der Waals surface area contributed by atoms with Gasteiger partial charge < -0.3 is 18.8 Å². The van der Waals surface area contributed by atoms with Crippen molar-refractivity contribution in [3.05, 3.63) is 54.1 Å². The van der Waals surface area contributed by atoms with Crippen LogP contribution in [0.15, 0.2) is 42.7 Å². The lowest BCUT2D eigenvalue weighted by molar-refractivity contribution is 0.0422. The highest BCUT2D eigenvalue weighted by molar-refractivity contribution is 8.32. The Morgan fingerprint density at radius 1 is 1.05 bits per heavy atom. The molecule has 3 atom stereocenters. The smallest absolute Gasteiger partial charge is 0.179 e. The molecule has 37 heavy (non-hydrogen) atoms. The minimum atomic E-state index is -0.565. The average Bonchev–Trinajstić information content (AvgIpc) is 3.61. The normalized spacial score (nSPS) is 20.7. The molecule has 4 aromatic rings. The molecule has 0 saturated heterocycles. The van der Waals surface area contributed by atoms with Crippen molar-refractivity contribution >= 4 is 26.8 Å². The number of methoxy groups -OCH3 is 1. The molecule has 9 heteroatoms. The van der Waals surface area contributed by atoms with E-state index in [9.17, 15) is 0 Å². The molecule has 3 aromatic heterocycles. The van der Waals surface area contributed by atoms with Crippen molar-refractivity contribution in [2.45, 2.75) is 51.5 Å². The summed E-state index contributed by atoms with van der Waals surface area (Å²) in [5, 5.41) is 9.16. The number of hydrogen-bond donors (Lipinski definition) is 0. The Balaban J connectivity index is 1.32. The van der Waals surface area contributed by atoms with Gasteiger partial charge in [-0.2, -0.15) is 0 Å². The van der Waals surface area contributed by atoms with Crippen LogP contribution < -0.4 is 4.74 Å². The second-order valence-corrected chi connectivity index (χ2v) is 15.5. The third kappa shape index (κ3) is 5.78. The molecule has 1 aliphatic carbocycles. The van der Waals surface area contributed by atoms with Gasteiger partial charge >= 0.3 is 0 Å². The maximum atomic E-state index is 6.38. The lowest BCUT2D eigenvalue weighted by Gasteiger charge is -2.24. The van der Waals surface area contributed by atoms with Crippen molar-refractivity contribution in [3.63, 3.8) is 0 Å². The summed E-state index contributed by atoms with van der Waals surface area (Å²) in [6.45, 7) is 4.12. The predicted molar refractivity (Wildman–Crippen MR) is 150 cm³/mol. The van der Waals surface area contributed by atoms with Crippen molar-refractivity contribution in [3.8, 4) is 5.75 Å². The molecule has 1 aliphatic rings. The SMILES string of the molecule is CCC1CC(OCc2ccc(OC)cc2)CC1c1nnc2cnc3c(ccn3COCCS(C)(C)C)n12. The van der Waals surface area contributed by atoms with Gasteiger partial charge in [0.15, 0.2) is 11.3 Å². The van der Waals surface area contributed by atoms with Gasteiger partial charge in [-0.25, -0.2) is 15.0 Å². The third-order valence-corrected chi connectivity index (χ3v) is 8.78. The van der Waals surface area contributed by atoms with Crippen molar-refractivity contribution in [1.82, 2.24) is 24.1 Å². The number of benzene rings is 1. The Morgan fingerprint density at radius 2 is 1.86 bits per heavy atom. The van der Waals surface area contributed by atoms with E-state index in [4.69, 9.17) is 19.2 Å². The molecule has 0 radical (unpaired) electrons. The standard InChI is InChI=1S/C28H39N5O3S/c1-6-21-15-23(36-18-20-7-9-22(34-2)10-8-20)16-24(21)27-31-30-26-17-29-28-25(33(26)27)11-12-32(28)19-35-13-14-37(3,4)5/h7-12,17,21,23-24H,6,13-16,18-19H2,1-5H3. The van der Waals surface area contributed by atoms with Crippen molar-refractivity contribution in [2.24, 2.45) is 5.92 Å². The van der Waals surface area contributed by atoms with Crippen LogP contribution in [0, 0.1) is 5.92 Å².